The van der Waals surface area contributed by atoms with E-state index in [1.165, 1.54) is 12.8 Å². The molecule has 3 aliphatic carbocycles. The molecule has 0 unspecified atom stereocenters. The molecule has 3 aliphatic rings. The van der Waals surface area contributed by atoms with Crippen molar-refractivity contribution in [1.29, 1.82) is 0 Å². The Morgan fingerprint density at radius 1 is 1.45 bits per heavy atom. The summed E-state index contributed by atoms with van der Waals surface area (Å²) < 4.78 is 0. The molecule has 0 aromatic heterocycles. The second-order valence-corrected chi connectivity index (χ2v) is 4.49. The fourth-order valence-corrected chi connectivity index (χ4v) is 2.38. The lowest BCUT2D eigenvalue weighted by atomic mass is 9.80. The fraction of sp³-hybridized carbons (Fsp3) is 0.600. The summed E-state index contributed by atoms with van der Waals surface area (Å²) in [5, 5.41) is 0. The Morgan fingerprint density at radius 2 is 2.09 bits per heavy atom. The van der Waals surface area contributed by atoms with Crippen LogP contribution in [0.25, 0.3) is 0 Å². The molecule has 1 heteroatoms. The highest BCUT2D eigenvalue weighted by molar-refractivity contribution is 7.84. The quantitative estimate of drug-likeness (QED) is 0.568. The first-order chi connectivity index (χ1) is 5.18. The van der Waals surface area contributed by atoms with Crippen LogP contribution in [0, 0.1) is 11.8 Å². The normalized spacial score (nSPS) is 36.1. The molecular weight excluding hydrogens is 152 g/mol. The van der Waals surface area contributed by atoms with Crippen LogP contribution in [-0.2, 0) is 0 Å². The molecule has 0 saturated heterocycles. The Bertz CT molecular complexity index is 238. The smallest absolute Gasteiger partial charge is 0.0151 e. The van der Waals surface area contributed by atoms with Gasteiger partial charge in [0.25, 0.3) is 0 Å². The zero-order chi connectivity index (χ0) is 8.01. The van der Waals surface area contributed by atoms with Gasteiger partial charge in [-0.3, -0.25) is 0 Å². The summed E-state index contributed by atoms with van der Waals surface area (Å²) in [6.45, 7) is 4.33. The highest BCUT2D eigenvalue weighted by atomic mass is 32.1. The molecule has 0 amide bonds. The van der Waals surface area contributed by atoms with Crippen molar-refractivity contribution < 1.29 is 0 Å². The SMILES string of the molecule is CC1=C(/C=C(/C)S)C2CC1C2. The molecule has 0 N–H and O–H groups in total. The topological polar surface area (TPSA) is 0 Å². The number of rotatable bonds is 1. The molecule has 11 heavy (non-hydrogen) atoms. The molecular formula is C10H14S. The van der Waals surface area contributed by atoms with Gasteiger partial charge in [-0.05, 0) is 55.1 Å². The Labute approximate surface area is 73.8 Å². The first-order valence-electron chi connectivity index (χ1n) is 4.26. The monoisotopic (exact) mass is 166 g/mol. The van der Waals surface area contributed by atoms with Gasteiger partial charge in [0.05, 0.1) is 0 Å². The van der Waals surface area contributed by atoms with E-state index < -0.39 is 0 Å². The molecule has 1 fully saturated rings. The van der Waals surface area contributed by atoms with Crippen LogP contribution in [0.3, 0.4) is 0 Å². The predicted octanol–water partition coefficient (Wildman–Crippen LogP) is 3.18. The maximum atomic E-state index is 4.30. The van der Waals surface area contributed by atoms with Gasteiger partial charge in [-0.2, -0.15) is 0 Å². The fourth-order valence-electron chi connectivity index (χ4n) is 2.24. The lowest BCUT2D eigenvalue weighted by Gasteiger charge is -2.25. The second kappa shape index (κ2) is 2.41. The average molecular weight is 166 g/mol. The van der Waals surface area contributed by atoms with Gasteiger partial charge in [-0.25, -0.2) is 0 Å². The maximum Gasteiger partial charge on any atom is -0.0151 e. The summed E-state index contributed by atoms with van der Waals surface area (Å²) in [5.74, 6) is 1.82. The number of hydrogen-bond donors (Lipinski definition) is 1. The summed E-state index contributed by atoms with van der Waals surface area (Å²) >= 11 is 4.30. The summed E-state index contributed by atoms with van der Waals surface area (Å²) in [6, 6.07) is 0. The molecule has 0 heterocycles. The van der Waals surface area contributed by atoms with Gasteiger partial charge in [0.1, 0.15) is 0 Å². The van der Waals surface area contributed by atoms with E-state index in [1.54, 1.807) is 11.1 Å². The van der Waals surface area contributed by atoms with E-state index in [0.29, 0.717) is 0 Å². The van der Waals surface area contributed by atoms with E-state index >= 15 is 0 Å². The molecule has 3 rings (SSSR count). The molecule has 0 nitrogen and oxygen atoms in total. The minimum Gasteiger partial charge on any atom is -0.148 e. The third-order valence-corrected chi connectivity index (χ3v) is 3.14. The van der Waals surface area contributed by atoms with Crippen LogP contribution in [0.5, 0.6) is 0 Å². The van der Waals surface area contributed by atoms with Crippen molar-refractivity contribution in [3.8, 4) is 0 Å². The molecule has 0 radical (unpaired) electrons. The van der Waals surface area contributed by atoms with Crippen molar-refractivity contribution in [3.05, 3.63) is 22.1 Å². The van der Waals surface area contributed by atoms with Crippen molar-refractivity contribution in [1.82, 2.24) is 0 Å². The second-order valence-electron chi connectivity index (χ2n) is 3.79. The van der Waals surface area contributed by atoms with Gasteiger partial charge >= 0.3 is 0 Å². The molecule has 0 aliphatic heterocycles. The Morgan fingerprint density at radius 3 is 2.45 bits per heavy atom. The van der Waals surface area contributed by atoms with E-state index in [9.17, 15) is 0 Å². The third-order valence-electron chi connectivity index (χ3n) is 3.01. The van der Waals surface area contributed by atoms with Gasteiger partial charge in [0, 0.05) is 0 Å². The summed E-state index contributed by atoms with van der Waals surface area (Å²) in [4.78, 5) is 1.15. The Balaban J connectivity index is 2.26. The molecule has 0 aromatic carbocycles. The number of thiol groups is 1. The summed E-state index contributed by atoms with van der Waals surface area (Å²) in [5.41, 5.74) is 3.21. The standard InChI is InChI=1S/C10H14S/c1-6(11)3-10-7(2)8-4-9(10)5-8/h3,8-9,11H,4-5H2,1-2H3/b6-3-. The average Bonchev–Trinajstić information content (AvgIpc) is 2.16. The first-order valence-corrected chi connectivity index (χ1v) is 4.71. The van der Waals surface area contributed by atoms with E-state index in [1.807, 2.05) is 0 Å². The van der Waals surface area contributed by atoms with E-state index in [0.717, 1.165) is 16.7 Å². The van der Waals surface area contributed by atoms with Crippen molar-refractivity contribution in [3.63, 3.8) is 0 Å². The van der Waals surface area contributed by atoms with Crippen LogP contribution in [-0.4, -0.2) is 0 Å². The van der Waals surface area contributed by atoms with Crippen LogP contribution in [0.2, 0.25) is 0 Å². The Kier molecular flexibility index (Phi) is 1.64. The third kappa shape index (κ3) is 1.06. The first kappa shape index (κ1) is 7.48. The molecule has 0 atom stereocenters. The van der Waals surface area contributed by atoms with Gasteiger partial charge in [-0.1, -0.05) is 5.57 Å². The van der Waals surface area contributed by atoms with E-state index in [2.05, 4.69) is 32.6 Å². The van der Waals surface area contributed by atoms with Gasteiger partial charge in [0.2, 0.25) is 0 Å². The van der Waals surface area contributed by atoms with Crippen LogP contribution >= 0.6 is 12.6 Å². The van der Waals surface area contributed by atoms with Crippen molar-refractivity contribution in [2.45, 2.75) is 26.7 Å². The molecule has 1 saturated carbocycles. The van der Waals surface area contributed by atoms with Crippen LogP contribution < -0.4 is 0 Å². The highest BCUT2D eigenvalue weighted by Crippen LogP contribution is 2.52. The van der Waals surface area contributed by atoms with Crippen LogP contribution in [0.1, 0.15) is 26.7 Å². The highest BCUT2D eigenvalue weighted by Gasteiger charge is 2.40. The van der Waals surface area contributed by atoms with E-state index in [4.69, 9.17) is 0 Å². The molecule has 2 bridgehead atoms. The van der Waals surface area contributed by atoms with Crippen molar-refractivity contribution in [2.75, 3.05) is 0 Å². The van der Waals surface area contributed by atoms with Gasteiger partial charge in [0.15, 0.2) is 0 Å². The Hall–Kier alpha value is -0.170. The van der Waals surface area contributed by atoms with Crippen LogP contribution in [0.15, 0.2) is 22.1 Å². The van der Waals surface area contributed by atoms with Gasteiger partial charge in [-0.15, -0.1) is 12.6 Å². The number of hydrogen-bond acceptors (Lipinski definition) is 1. The molecule has 0 aromatic rings. The maximum absolute atomic E-state index is 4.30. The van der Waals surface area contributed by atoms with Crippen molar-refractivity contribution in [2.24, 2.45) is 11.8 Å². The zero-order valence-electron chi connectivity index (χ0n) is 7.09. The number of allylic oxidation sites excluding steroid dienone is 4. The minimum atomic E-state index is 0.891. The predicted molar refractivity (Wildman–Crippen MR) is 51.7 cm³/mol. The van der Waals surface area contributed by atoms with E-state index in [-0.39, 0.29) is 0 Å². The largest absolute Gasteiger partial charge is 0.148 e. The van der Waals surface area contributed by atoms with Gasteiger partial charge < -0.3 is 0 Å². The summed E-state index contributed by atoms with van der Waals surface area (Å²) in [7, 11) is 0. The summed E-state index contributed by atoms with van der Waals surface area (Å²) in [6.07, 6.45) is 5.08. The molecule has 0 spiro atoms. The minimum absolute atomic E-state index is 0.891. The van der Waals surface area contributed by atoms with Crippen molar-refractivity contribution >= 4 is 12.6 Å². The lowest BCUT2D eigenvalue weighted by Crippen LogP contribution is -2.14. The molecule has 60 valence electrons. The zero-order valence-corrected chi connectivity index (χ0v) is 7.99. The van der Waals surface area contributed by atoms with Crippen LogP contribution in [0.4, 0.5) is 0 Å². The lowest BCUT2D eigenvalue weighted by molar-refractivity contribution is 0.319.